The van der Waals surface area contributed by atoms with Crippen LogP contribution in [-0.4, -0.2) is 62.3 Å². The molecule has 1 aliphatic heterocycles. The number of carbonyl (C=O) groups excluding carboxylic acids is 3. The lowest BCUT2D eigenvalue weighted by Gasteiger charge is -2.23. The monoisotopic (exact) mass is 394 g/mol. The van der Waals surface area contributed by atoms with Crippen molar-refractivity contribution in [3.8, 4) is 0 Å². The number of aromatic nitrogens is 4. The summed E-state index contributed by atoms with van der Waals surface area (Å²) in [5.41, 5.74) is -0.249. The van der Waals surface area contributed by atoms with Crippen molar-refractivity contribution in [2.75, 3.05) is 6.61 Å². The Bertz CT molecular complexity index is 967. The zero-order valence-corrected chi connectivity index (χ0v) is 15.3. The molecule has 1 fully saturated rings. The number of nitrogens with zero attached hydrogens (tertiary/aromatic N) is 3. The quantitative estimate of drug-likeness (QED) is 0.516. The molecule has 12 heteroatoms. The van der Waals surface area contributed by atoms with Crippen molar-refractivity contribution in [2.45, 2.75) is 45.3 Å². The number of carbonyl (C=O) groups is 3. The summed E-state index contributed by atoms with van der Waals surface area (Å²) >= 11 is 0. The van der Waals surface area contributed by atoms with Crippen LogP contribution in [0.25, 0.3) is 11.2 Å². The molecule has 0 saturated carbocycles. The molecule has 1 N–H and O–H groups in total. The average Bonchev–Trinajstić information content (AvgIpc) is 3.16. The van der Waals surface area contributed by atoms with Gasteiger partial charge in [0.2, 0.25) is 0 Å². The Labute approximate surface area is 157 Å². The summed E-state index contributed by atoms with van der Waals surface area (Å²) in [4.78, 5) is 57.0. The van der Waals surface area contributed by atoms with Gasteiger partial charge in [-0.25, -0.2) is 9.97 Å². The average molecular weight is 394 g/mol. The number of rotatable bonds is 5. The van der Waals surface area contributed by atoms with Gasteiger partial charge in [0.25, 0.3) is 5.56 Å². The van der Waals surface area contributed by atoms with Gasteiger partial charge in [-0.3, -0.25) is 23.7 Å². The lowest BCUT2D eigenvalue weighted by molar-refractivity contribution is -0.166. The molecule has 0 spiro atoms. The predicted octanol–water partition coefficient (Wildman–Crippen LogP) is -0.556. The van der Waals surface area contributed by atoms with Gasteiger partial charge in [0, 0.05) is 20.8 Å². The van der Waals surface area contributed by atoms with Crippen molar-refractivity contribution in [1.29, 1.82) is 0 Å². The molecule has 3 heterocycles. The summed E-state index contributed by atoms with van der Waals surface area (Å²) in [5, 5.41) is 0. The molecule has 0 aromatic carbocycles. The van der Waals surface area contributed by atoms with Crippen LogP contribution in [0.2, 0.25) is 0 Å². The fourth-order valence-electron chi connectivity index (χ4n) is 2.99. The Balaban J connectivity index is 2.03. The van der Waals surface area contributed by atoms with Crippen LogP contribution in [0.3, 0.4) is 0 Å². The Morgan fingerprint density at radius 2 is 1.79 bits per heavy atom. The molecule has 12 nitrogen and oxygen atoms in total. The van der Waals surface area contributed by atoms with E-state index in [0.717, 1.165) is 0 Å². The van der Waals surface area contributed by atoms with E-state index in [0.29, 0.717) is 0 Å². The maximum absolute atomic E-state index is 12.2. The van der Waals surface area contributed by atoms with Gasteiger partial charge in [-0.05, 0) is 0 Å². The Hall–Kier alpha value is -3.28. The fraction of sp³-hybridized carbons (Fsp3) is 0.500. The van der Waals surface area contributed by atoms with Crippen molar-refractivity contribution in [3.63, 3.8) is 0 Å². The van der Waals surface area contributed by atoms with Gasteiger partial charge in [-0.2, -0.15) is 0 Å². The molecule has 4 atom stereocenters. The number of nitrogens with one attached hydrogen (secondary N) is 1. The highest BCUT2D eigenvalue weighted by molar-refractivity contribution is 5.70. The molecule has 2 aromatic heterocycles. The normalized spacial score (nSPS) is 24.1. The number of esters is 3. The van der Waals surface area contributed by atoms with Crippen molar-refractivity contribution in [1.82, 2.24) is 19.5 Å². The SMILES string of the molecule is CC(=O)OC[C@H]1O[C@@H](n2cnc3nc[nH]c(=O)c32)[C@@H](OC(C)=O)[C@H]1OC(C)=O. The molecule has 0 unspecified atom stereocenters. The summed E-state index contributed by atoms with van der Waals surface area (Å²) in [7, 11) is 0. The highest BCUT2D eigenvalue weighted by Gasteiger charge is 2.51. The van der Waals surface area contributed by atoms with E-state index in [-0.39, 0.29) is 17.8 Å². The van der Waals surface area contributed by atoms with Crippen LogP contribution in [0, 0.1) is 0 Å². The van der Waals surface area contributed by atoms with E-state index in [9.17, 15) is 19.2 Å². The van der Waals surface area contributed by atoms with Gasteiger partial charge < -0.3 is 23.9 Å². The standard InChI is InChI=1S/C16H18N4O8/c1-7(21)25-4-10-12(26-8(2)22)13(27-9(3)23)16(28-10)20-6-19-14-11(20)15(24)18-5-17-14/h5-6,10,12-13,16H,4H2,1-3H3,(H,17,18,24)/t10-,12+,13+,16-/m1/s1. The molecule has 1 saturated heterocycles. The minimum absolute atomic E-state index is 0.0827. The second-order valence-electron chi connectivity index (χ2n) is 6.07. The molecule has 3 rings (SSSR count). The second-order valence-corrected chi connectivity index (χ2v) is 6.07. The Kier molecular flexibility index (Phi) is 5.40. The van der Waals surface area contributed by atoms with Crippen LogP contribution in [0.5, 0.6) is 0 Å². The molecule has 0 aliphatic carbocycles. The first-order chi connectivity index (χ1) is 13.3. The topological polar surface area (TPSA) is 152 Å². The largest absolute Gasteiger partial charge is 0.463 e. The van der Waals surface area contributed by atoms with Crippen LogP contribution in [-0.2, 0) is 33.3 Å². The van der Waals surface area contributed by atoms with Crippen molar-refractivity contribution in [2.24, 2.45) is 0 Å². The molecule has 28 heavy (non-hydrogen) atoms. The molecule has 0 radical (unpaired) electrons. The van der Waals surface area contributed by atoms with Crippen LogP contribution in [0.15, 0.2) is 17.4 Å². The van der Waals surface area contributed by atoms with Crippen LogP contribution >= 0.6 is 0 Å². The fourth-order valence-corrected chi connectivity index (χ4v) is 2.99. The van der Waals surface area contributed by atoms with E-state index in [4.69, 9.17) is 18.9 Å². The van der Waals surface area contributed by atoms with Crippen molar-refractivity contribution >= 4 is 29.1 Å². The molecule has 2 aromatic rings. The summed E-state index contributed by atoms with van der Waals surface area (Å²) in [5.74, 6) is -1.86. The van der Waals surface area contributed by atoms with Gasteiger partial charge in [-0.1, -0.05) is 0 Å². The number of fused-ring (bicyclic) bond motifs is 1. The van der Waals surface area contributed by atoms with E-state index in [1.165, 1.54) is 38.0 Å². The van der Waals surface area contributed by atoms with Crippen molar-refractivity contribution in [3.05, 3.63) is 23.0 Å². The van der Waals surface area contributed by atoms with E-state index in [1.54, 1.807) is 0 Å². The zero-order valence-electron chi connectivity index (χ0n) is 15.3. The van der Waals surface area contributed by atoms with E-state index in [1.807, 2.05) is 0 Å². The lowest BCUT2D eigenvalue weighted by Crippen LogP contribution is -2.40. The summed E-state index contributed by atoms with van der Waals surface area (Å²) in [6, 6.07) is 0. The molecular formula is C16H18N4O8. The number of ether oxygens (including phenoxy) is 4. The van der Waals surface area contributed by atoms with Crippen molar-refractivity contribution < 1.29 is 33.3 Å². The Morgan fingerprint density at radius 3 is 2.43 bits per heavy atom. The highest BCUT2D eigenvalue weighted by atomic mass is 16.7. The minimum Gasteiger partial charge on any atom is -0.463 e. The van der Waals surface area contributed by atoms with Gasteiger partial charge in [0.1, 0.15) is 19.0 Å². The minimum atomic E-state index is -1.11. The predicted molar refractivity (Wildman–Crippen MR) is 89.8 cm³/mol. The maximum Gasteiger partial charge on any atom is 0.303 e. The smallest absolute Gasteiger partial charge is 0.303 e. The number of aromatic amines is 1. The third-order valence-corrected chi connectivity index (χ3v) is 3.99. The van der Waals surface area contributed by atoms with Gasteiger partial charge in [0.15, 0.2) is 29.6 Å². The van der Waals surface area contributed by atoms with Crippen LogP contribution in [0.4, 0.5) is 0 Å². The number of H-pyrrole nitrogens is 1. The number of hydrogen-bond donors (Lipinski definition) is 1. The molecule has 0 bridgehead atoms. The van der Waals surface area contributed by atoms with Crippen LogP contribution < -0.4 is 5.56 Å². The third kappa shape index (κ3) is 3.86. The maximum atomic E-state index is 12.2. The molecular weight excluding hydrogens is 376 g/mol. The number of hydrogen-bond acceptors (Lipinski definition) is 10. The first-order valence-corrected chi connectivity index (χ1v) is 8.31. The van der Waals surface area contributed by atoms with E-state index in [2.05, 4.69) is 15.0 Å². The summed E-state index contributed by atoms with van der Waals surface area (Å²) < 4.78 is 22.8. The number of imidazole rings is 1. The summed E-state index contributed by atoms with van der Waals surface area (Å²) in [6.45, 7) is 3.33. The lowest BCUT2D eigenvalue weighted by atomic mass is 10.1. The zero-order chi connectivity index (χ0) is 20.4. The highest BCUT2D eigenvalue weighted by Crippen LogP contribution is 2.35. The van der Waals surface area contributed by atoms with Gasteiger partial charge >= 0.3 is 17.9 Å². The van der Waals surface area contributed by atoms with E-state index >= 15 is 0 Å². The Morgan fingerprint density at radius 1 is 1.11 bits per heavy atom. The molecule has 0 amide bonds. The molecule has 1 aliphatic rings. The van der Waals surface area contributed by atoms with Gasteiger partial charge in [0.05, 0.1) is 6.33 Å². The van der Waals surface area contributed by atoms with E-state index < -0.39 is 48.0 Å². The van der Waals surface area contributed by atoms with Gasteiger partial charge in [-0.15, -0.1) is 0 Å². The van der Waals surface area contributed by atoms with Crippen LogP contribution in [0.1, 0.15) is 27.0 Å². The first-order valence-electron chi connectivity index (χ1n) is 8.31. The second kappa shape index (κ2) is 7.76. The first kappa shape index (κ1) is 19.5. The molecule has 150 valence electrons. The summed E-state index contributed by atoms with van der Waals surface area (Å²) in [6.07, 6.45) is -1.68. The third-order valence-electron chi connectivity index (χ3n) is 3.99.